The number of aromatic nitrogens is 1. The van der Waals surface area contributed by atoms with Gasteiger partial charge < -0.3 is 14.7 Å². The van der Waals surface area contributed by atoms with E-state index in [0.29, 0.717) is 31.7 Å². The molecular formula is C26H30N2O3. The van der Waals surface area contributed by atoms with Gasteiger partial charge in [0.05, 0.1) is 7.11 Å². The first-order chi connectivity index (χ1) is 15.2. The highest BCUT2D eigenvalue weighted by molar-refractivity contribution is 5.76. The molecule has 5 heteroatoms. The molecular weight excluding hydrogens is 388 g/mol. The Balaban J connectivity index is 1.60. The zero-order valence-electron chi connectivity index (χ0n) is 18.0. The topological polar surface area (TPSA) is 62.7 Å². The number of phenols is 1. The first-order valence-electron chi connectivity index (χ1n) is 10.7. The number of phenolic OH excluding ortho intramolecular Hbond substituents is 1. The van der Waals surface area contributed by atoms with Crippen molar-refractivity contribution >= 4 is 5.91 Å². The number of aromatic hydroxyl groups is 1. The molecule has 0 atom stereocenters. The molecule has 0 unspecified atom stereocenters. The molecule has 1 N–H and O–H groups in total. The molecule has 1 heterocycles. The van der Waals surface area contributed by atoms with E-state index in [0.717, 1.165) is 30.5 Å². The molecule has 0 aliphatic carbocycles. The van der Waals surface area contributed by atoms with Crippen LogP contribution in [0.1, 0.15) is 36.1 Å². The van der Waals surface area contributed by atoms with Gasteiger partial charge in [0, 0.05) is 37.8 Å². The number of nitrogens with zero attached hydrogens (tertiary/aromatic N) is 2. The Morgan fingerprint density at radius 1 is 0.968 bits per heavy atom. The zero-order chi connectivity index (χ0) is 21.9. The Hall–Kier alpha value is -3.34. The molecule has 5 nitrogen and oxygen atoms in total. The van der Waals surface area contributed by atoms with Gasteiger partial charge in [0.2, 0.25) is 5.91 Å². The number of hydrogen-bond acceptors (Lipinski definition) is 4. The summed E-state index contributed by atoms with van der Waals surface area (Å²) in [6.45, 7) is 1.07. The summed E-state index contributed by atoms with van der Waals surface area (Å²) in [5.74, 6) is 0.645. The van der Waals surface area contributed by atoms with Gasteiger partial charge in [0.1, 0.15) is 0 Å². The van der Waals surface area contributed by atoms with Crippen molar-refractivity contribution in [2.45, 2.75) is 38.6 Å². The van der Waals surface area contributed by atoms with Crippen LogP contribution in [0.3, 0.4) is 0 Å². The molecule has 3 rings (SSSR count). The SMILES string of the molecule is COc1cc(CN(CCc2ccccn2)C(=O)CCCCc2ccccc2)ccc1O. The van der Waals surface area contributed by atoms with Gasteiger partial charge >= 0.3 is 0 Å². The fourth-order valence-electron chi connectivity index (χ4n) is 3.54. The van der Waals surface area contributed by atoms with Crippen LogP contribution in [-0.4, -0.2) is 34.6 Å². The van der Waals surface area contributed by atoms with Crippen LogP contribution in [0.4, 0.5) is 0 Å². The fourth-order valence-corrected chi connectivity index (χ4v) is 3.54. The second-order valence-electron chi connectivity index (χ2n) is 7.59. The average molecular weight is 419 g/mol. The van der Waals surface area contributed by atoms with E-state index in [1.54, 1.807) is 18.3 Å². The Kier molecular flexibility index (Phi) is 8.47. The Bertz CT molecular complexity index is 945. The number of pyridine rings is 1. The highest BCUT2D eigenvalue weighted by atomic mass is 16.5. The summed E-state index contributed by atoms with van der Waals surface area (Å²) >= 11 is 0. The van der Waals surface area contributed by atoms with Crippen LogP contribution in [0, 0.1) is 0 Å². The van der Waals surface area contributed by atoms with Crippen molar-refractivity contribution in [2.75, 3.05) is 13.7 Å². The van der Waals surface area contributed by atoms with Gasteiger partial charge in [-0.2, -0.15) is 0 Å². The second-order valence-corrected chi connectivity index (χ2v) is 7.59. The lowest BCUT2D eigenvalue weighted by Gasteiger charge is -2.23. The highest BCUT2D eigenvalue weighted by Crippen LogP contribution is 2.27. The normalized spacial score (nSPS) is 10.6. The van der Waals surface area contributed by atoms with Crippen molar-refractivity contribution in [3.05, 3.63) is 89.7 Å². The number of hydrogen-bond donors (Lipinski definition) is 1. The van der Waals surface area contributed by atoms with Crippen molar-refractivity contribution in [1.82, 2.24) is 9.88 Å². The fraction of sp³-hybridized carbons (Fsp3) is 0.308. The molecule has 3 aromatic rings. The third kappa shape index (κ3) is 7.14. The maximum absolute atomic E-state index is 13.0. The van der Waals surface area contributed by atoms with Crippen LogP contribution in [-0.2, 0) is 24.2 Å². The smallest absolute Gasteiger partial charge is 0.222 e. The average Bonchev–Trinajstić information content (AvgIpc) is 2.81. The van der Waals surface area contributed by atoms with Gasteiger partial charge in [0.25, 0.3) is 0 Å². The highest BCUT2D eigenvalue weighted by Gasteiger charge is 2.15. The maximum atomic E-state index is 13.0. The van der Waals surface area contributed by atoms with Crippen LogP contribution in [0.2, 0.25) is 0 Å². The summed E-state index contributed by atoms with van der Waals surface area (Å²) in [7, 11) is 1.52. The zero-order valence-corrected chi connectivity index (χ0v) is 18.0. The third-order valence-electron chi connectivity index (χ3n) is 5.28. The van der Waals surface area contributed by atoms with E-state index >= 15 is 0 Å². The molecule has 0 bridgehead atoms. The van der Waals surface area contributed by atoms with E-state index in [-0.39, 0.29) is 11.7 Å². The summed E-state index contributed by atoms with van der Waals surface area (Å²) in [6, 6.07) is 21.4. The van der Waals surface area contributed by atoms with Gasteiger partial charge in [-0.1, -0.05) is 42.5 Å². The van der Waals surface area contributed by atoms with Gasteiger partial charge in [-0.3, -0.25) is 9.78 Å². The van der Waals surface area contributed by atoms with Crippen LogP contribution in [0.25, 0.3) is 0 Å². The maximum Gasteiger partial charge on any atom is 0.222 e. The van der Waals surface area contributed by atoms with Crippen LogP contribution < -0.4 is 4.74 Å². The van der Waals surface area contributed by atoms with Gasteiger partial charge in [-0.15, -0.1) is 0 Å². The Morgan fingerprint density at radius 3 is 2.52 bits per heavy atom. The number of amides is 1. The summed E-state index contributed by atoms with van der Waals surface area (Å²) in [6.07, 6.45) is 5.81. The number of ether oxygens (including phenoxy) is 1. The number of benzene rings is 2. The number of carbonyl (C=O) groups is 1. The molecule has 0 radical (unpaired) electrons. The van der Waals surface area contributed by atoms with Crippen molar-refractivity contribution in [1.29, 1.82) is 0 Å². The first kappa shape index (κ1) is 22.3. The third-order valence-corrected chi connectivity index (χ3v) is 5.28. The minimum absolute atomic E-state index is 0.0959. The largest absolute Gasteiger partial charge is 0.504 e. The lowest BCUT2D eigenvalue weighted by Crippen LogP contribution is -2.32. The quantitative estimate of drug-likeness (QED) is 0.455. The van der Waals surface area contributed by atoms with Gasteiger partial charge in [-0.25, -0.2) is 0 Å². The predicted octanol–water partition coefficient (Wildman–Crippen LogP) is 4.78. The molecule has 0 spiro atoms. The summed E-state index contributed by atoms with van der Waals surface area (Å²) in [5, 5.41) is 9.85. The molecule has 1 amide bonds. The van der Waals surface area contributed by atoms with Crippen molar-refractivity contribution in [2.24, 2.45) is 0 Å². The molecule has 0 saturated carbocycles. The van der Waals surface area contributed by atoms with Gasteiger partial charge in [-0.05, 0) is 54.7 Å². The van der Waals surface area contributed by atoms with Crippen molar-refractivity contribution < 1.29 is 14.6 Å². The predicted molar refractivity (Wildman–Crippen MR) is 122 cm³/mol. The minimum atomic E-state index is 0.0959. The van der Waals surface area contributed by atoms with Crippen molar-refractivity contribution in [3.8, 4) is 11.5 Å². The number of methoxy groups -OCH3 is 1. The summed E-state index contributed by atoms with van der Waals surface area (Å²) < 4.78 is 5.22. The Labute approximate surface area is 184 Å². The molecule has 0 aliphatic heterocycles. The monoisotopic (exact) mass is 418 g/mol. The van der Waals surface area contributed by atoms with Crippen LogP contribution in [0.15, 0.2) is 72.9 Å². The Morgan fingerprint density at radius 2 is 1.77 bits per heavy atom. The van der Waals surface area contributed by atoms with E-state index in [1.807, 2.05) is 47.4 Å². The van der Waals surface area contributed by atoms with Crippen molar-refractivity contribution in [3.63, 3.8) is 0 Å². The van der Waals surface area contributed by atoms with Crippen LogP contribution in [0.5, 0.6) is 11.5 Å². The lowest BCUT2D eigenvalue weighted by molar-refractivity contribution is -0.131. The van der Waals surface area contributed by atoms with E-state index in [9.17, 15) is 9.90 Å². The molecule has 1 aromatic heterocycles. The van der Waals surface area contributed by atoms with E-state index < -0.39 is 0 Å². The van der Waals surface area contributed by atoms with E-state index in [2.05, 4.69) is 17.1 Å². The number of unbranched alkanes of at least 4 members (excludes halogenated alkanes) is 1. The van der Waals surface area contributed by atoms with Crippen LogP contribution >= 0.6 is 0 Å². The molecule has 0 aliphatic rings. The number of rotatable bonds is 11. The molecule has 0 saturated heterocycles. The molecule has 2 aromatic carbocycles. The standard InChI is InChI=1S/C26H30N2O3/c1-31-25-19-22(14-15-24(25)29)20-28(18-16-23-12-7-8-17-27-23)26(30)13-6-5-11-21-9-3-2-4-10-21/h2-4,7-10,12,14-15,17,19,29H,5-6,11,13,16,18,20H2,1H3. The number of aryl methyl sites for hydroxylation is 1. The molecule has 0 fully saturated rings. The number of carbonyl (C=O) groups excluding carboxylic acids is 1. The minimum Gasteiger partial charge on any atom is -0.504 e. The summed E-state index contributed by atoms with van der Waals surface area (Å²) in [4.78, 5) is 19.3. The second kappa shape index (κ2) is 11.7. The van der Waals surface area contributed by atoms with E-state index in [1.165, 1.54) is 12.7 Å². The molecule has 162 valence electrons. The lowest BCUT2D eigenvalue weighted by atomic mass is 10.1. The van der Waals surface area contributed by atoms with Gasteiger partial charge in [0.15, 0.2) is 11.5 Å². The first-order valence-corrected chi connectivity index (χ1v) is 10.7. The molecule has 31 heavy (non-hydrogen) atoms. The summed E-state index contributed by atoms with van der Waals surface area (Å²) in [5.41, 5.74) is 3.19. The van der Waals surface area contributed by atoms with E-state index in [4.69, 9.17) is 4.74 Å².